The molecule has 1 aromatic heterocycles. The molecule has 2 aromatic carbocycles. The van der Waals surface area contributed by atoms with Gasteiger partial charge in [0, 0.05) is 11.8 Å². The Hall–Kier alpha value is -2.87. The molecule has 0 amide bonds. The van der Waals surface area contributed by atoms with E-state index in [4.69, 9.17) is 0 Å². The van der Waals surface area contributed by atoms with Crippen molar-refractivity contribution in [3.63, 3.8) is 0 Å². The maximum absolute atomic E-state index is 12.7. The Morgan fingerprint density at radius 3 is 2.18 bits per heavy atom. The molecular formula is C20H17F3N2O2S. The lowest BCUT2D eigenvalue weighted by Gasteiger charge is -2.13. The Balaban J connectivity index is 1.92. The van der Waals surface area contributed by atoms with Crippen LogP contribution in [0.25, 0.3) is 11.3 Å². The number of anilines is 1. The Bertz CT molecular complexity index is 1090. The topological polar surface area (TPSA) is 59.1 Å². The number of rotatable bonds is 4. The Morgan fingerprint density at radius 2 is 1.61 bits per heavy atom. The Labute approximate surface area is 161 Å². The van der Waals surface area contributed by atoms with Crippen LogP contribution in [0.2, 0.25) is 0 Å². The fraction of sp³-hybridized carbons (Fsp3) is 0.150. The second-order valence-corrected chi connectivity index (χ2v) is 8.06. The van der Waals surface area contributed by atoms with E-state index in [1.807, 2.05) is 6.92 Å². The lowest BCUT2D eigenvalue weighted by Crippen LogP contribution is -2.13. The highest BCUT2D eigenvalue weighted by Gasteiger charge is 2.30. The number of aromatic nitrogens is 1. The second kappa shape index (κ2) is 7.27. The highest BCUT2D eigenvalue weighted by atomic mass is 32.2. The average Bonchev–Trinajstić information content (AvgIpc) is 2.63. The summed E-state index contributed by atoms with van der Waals surface area (Å²) in [6.07, 6.45) is -3.71. The molecule has 0 saturated carbocycles. The first-order valence-electron chi connectivity index (χ1n) is 8.30. The van der Waals surface area contributed by atoms with Crippen molar-refractivity contribution in [1.29, 1.82) is 0 Å². The molecule has 146 valence electrons. The number of pyridine rings is 1. The molecule has 1 N–H and O–H groups in total. The van der Waals surface area contributed by atoms with E-state index in [-0.39, 0.29) is 4.90 Å². The maximum atomic E-state index is 12.7. The molecule has 0 unspecified atom stereocenters. The van der Waals surface area contributed by atoms with Crippen molar-refractivity contribution in [2.24, 2.45) is 0 Å². The van der Waals surface area contributed by atoms with Crippen molar-refractivity contribution in [3.05, 3.63) is 77.5 Å². The minimum absolute atomic E-state index is 0.121. The maximum Gasteiger partial charge on any atom is 0.417 e. The summed E-state index contributed by atoms with van der Waals surface area (Å²) in [5, 5.41) is 0. The third-order valence-electron chi connectivity index (χ3n) is 4.20. The quantitative estimate of drug-likeness (QED) is 0.649. The van der Waals surface area contributed by atoms with Gasteiger partial charge in [0.1, 0.15) is 0 Å². The molecule has 0 atom stereocenters. The van der Waals surface area contributed by atoms with Crippen molar-refractivity contribution >= 4 is 15.7 Å². The lowest BCUT2D eigenvalue weighted by molar-refractivity contribution is -0.137. The third kappa shape index (κ3) is 4.33. The monoisotopic (exact) mass is 406 g/mol. The summed E-state index contributed by atoms with van der Waals surface area (Å²) in [4.78, 5) is 3.97. The zero-order valence-corrected chi connectivity index (χ0v) is 15.9. The Kier molecular flexibility index (Phi) is 5.16. The molecule has 28 heavy (non-hydrogen) atoms. The van der Waals surface area contributed by atoms with Gasteiger partial charge in [0.05, 0.1) is 21.8 Å². The van der Waals surface area contributed by atoms with Crippen LogP contribution in [0.3, 0.4) is 0 Å². The van der Waals surface area contributed by atoms with Crippen molar-refractivity contribution in [2.45, 2.75) is 24.9 Å². The van der Waals surface area contributed by atoms with Crippen LogP contribution in [0, 0.1) is 13.8 Å². The van der Waals surface area contributed by atoms with Gasteiger partial charge >= 0.3 is 6.18 Å². The van der Waals surface area contributed by atoms with Crippen LogP contribution >= 0.6 is 0 Å². The SMILES string of the molecule is Cc1ccc(S(=O)(=O)Nc2cc(-c3ccc(C(F)(F)F)cn3)ccc2C)cc1. The van der Waals surface area contributed by atoms with Crippen LogP contribution < -0.4 is 4.72 Å². The van der Waals surface area contributed by atoms with E-state index in [1.165, 1.54) is 18.2 Å². The molecule has 0 fully saturated rings. The summed E-state index contributed by atoms with van der Waals surface area (Å²) < 4.78 is 65.8. The highest BCUT2D eigenvalue weighted by molar-refractivity contribution is 7.92. The molecule has 0 saturated heterocycles. The fourth-order valence-electron chi connectivity index (χ4n) is 2.54. The van der Waals surface area contributed by atoms with Gasteiger partial charge in [-0.25, -0.2) is 8.42 Å². The molecular weight excluding hydrogens is 389 g/mol. The summed E-state index contributed by atoms with van der Waals surface area (Å²) >= 11 is 0. The van der Waals surface area contributed by atoms with Gasteiger partial charge in [-0.2, -0.15) is 13.2 Å². The average molecular weight is 406 g/mol. The summed E-state index contributed by atoms with van der Waals surface area (Å²) in [5.41, 5.74) is 1.91. The van der Waals surface area contributed by atoms with Crippen LogP contribution in [-0.4, -0.2) is 13.4 Å². The first-order chi connectivity index (χ1) is 13.1. The van der Waals surface area contributed by atoms with Gasteiger partial charge in [0.15, 0.2) is 0 Å². The van der Waals surface area contributed by atoms with E-state index in [2.05, 4.69) is 9.71 Å². The van der Waals surface area contributed by atoms with Gasteiger partial charge in [-0.1, -0.05) is 29.8 Å². The summed E-state index contributed by atoms with van der Waals surface area (Å²) in [7, 11) is -3.80. The van der Waals surface area contributed by atoms with Gasteiger partial charge in [-0.05, 0) is 49.7 Å². The molecule has 0 bridgehead atoms. The molecule has 1 heterocycles. The molecule has 0 spiro atoms. The number of nitrogens with zero attached hydrogens (tertiary/aromatic N) is 1. The number of aryl methyl sites for hydroxylation is 2. The van der Waals surface area contributed by atoms with Crippen LogP contribution in [0.1, 0.15) is 16.7 Å². The molecule has 4 nitrogen and oxygen atoms in total. The normalized spacial score (nSPS) is 12.0. The van der Waals surface area contributed by atoms with Crippen LogP contribution in [-0.2, 0) is 16.2 Å². The number of hydrogen-bond donors (Lipinski definition) is 1. The summed E-state index contributed by atoms with van der Waals surface area (Å²) in [6, 6.07) is 13.5. The molecule has 8 heteroatoms. The number of sulfonamides is 1. The number of hydrogen-bond acceptors (Lipinski definition) is 3. The first-order valence-corrected chi connectivity index (χ1v) is 9.78. The van der Waals surface area contributed by atoms with Gasteiger partial charge in [-0.3, -0.25) is 9.71 Å². The van der Waals surface area contributed by atoms with E-state index in [1.54, 1.807) is 37.3 Å². The van der Waals surface area contributed by atoms with Gasteiger partial charge in [0.25, 0.3) is 10.0 Å². The lowest BCUT2D eigenvalue weighted by atomic mass is 10.1. The standard InChI is InChI=1S/C20H17F3N2O2S/c1-13-3-8-17(9-4-13)28(26,27)25-19-11-15(6-5-14(19)2)18-10-7-16(12-24-18)20(21,22)23/h3-12,25H,1-2H3. The van der Waals surface area contributed by atoms with Gasteiger partial charge < -0.3 is 0 Å². The van der Waals surface area contributed by atoms with Crippen LogP contribution in [0.15, 0.2) is 65.7 Å². The van der Waals surface area contributed by atoms with E-state index >= 15 is 0 Å². The van der Waals surface area contributed by atoms with E-state index in [0.29, 0.717) is 22.5 Å². The zero-order valence-electron chi connectivity index (χ0n) is 15.1. The van der Waals surface area contributed by atoms with Crippen molar-refractivity contribution in [3.8, 4) is 11.3 Å². The molecule has 0 aliphatic heterocycles. The van der Waals surface area contributed by atoms with Crippen LogP contribution in [0.5, 0.6) is 0 Å². The zero-order chi connectivity index (χ0) is 20.5. The minimum atomic E-state index is -4.46. The minimum Gasteiger partial charge on any atom is -0.279 e. The van der Waals surface area contributed by atoms with E-state index < -0.39 is 21.8 Å². The third-order valence-corrected chi connectivity index (χ3v) is 5.58. The van der Waals surface area contributed by atoms with Gasteiger partial charge in [-0.15, -0.1) is 0 Å². The van der Waals surface area contributed by atoms with E-state index in [0.717, 1.165) is 17.8 Å². The van der Waals surface area contributed by atoms with E-state index in [9.17, 15) is 21.6 Å². The van der Waals surface area contributed by atoms with Crippen molar-refractivity contribution < 1.29 is 21.6 Å². The predicted octanol–water partition coefficient (Wildman–Crippen LogP) is 5.19. The fourth-order valence-corrected chi connectivity index (χ4v) is 3.67. The number of benzene rings is 2. The highest BCUT2D eigenvalue weighted by Crippen LogP contribution is 2.31. The number of halogens is 3. The number of nitrogens with one attached hydrogen (secondary N) is 1. The van der Waals surface area contributed by atoms with Crippen molar-refractivity contribution in [2.75, 3.05) is 4.72 Å². The van der Waals surface area contributed by atoms with Gasteiger partial charge in [0.2, 0.25) is 0 Å². The summed E-state index contributed by atoms with van der Waals surface area (Å²) in [5.74, 6) is 0. The predicted molar refractivity (Wildman–Crippen MR) is 101 cm³/mol. The molecule has 3 rings (SSSR count). The molecule has 0 aliphatic carbocycles. The first kappa shape index (κ1) is 19.9. The largest absolute Gasteiger partial charge is 0.417 e. The molecule has 0 radical (unpaired) electrons. The molecule has 0 aliphatic rings. The number of alkyl halides is 3. The summed E-state index contributed by atoms with van der Waals surface area (Å²) in [6.45, 7) is 3.59. The smallest absolute Gasteiger partial charge is 0.279 e. The van der Waals surface area contributed by atoms with Crippen LogP contribution in [0.4, 0.5) is 18.9 Å². The second-order valence-electron chi connectivity index (χ2n) is 6.38. The Morgan fingerprint density at radius 1 is 0.929 bits per heavy atom. The molecule has 3 aromatic rings. The van der Waals surface area contributed by atoms with Crippen molar-refractivity contribution in [1.82, 2.24) is 4.98 Å².